The minimum absolute atomic E-state index is 0.698. The number of fused-ring (bicyclic) bond motifs is 1. The first-order valence-corrected chi connectivity index (χ1v) is 9.06. The van der Waals surface area contributed by atoms with Crippen molar-refractivity contribution in [1.82, 2.24) is 0 Å². The van der Waals surface area contributed by atoms with Crippen molar-refractivity contribution < 1.29 is 8.85 Å². The monoisotopic (exact) mass is 274 g/mol. The molecule has 2 rings (SSSR count). The van der Waals surface area contributed by atoms with Gasteiger partial charge in [0, 0.05) is 18.4 Å². The van der Waals surface area contributed by atoms with E-state index in [1.807, 2.05) is 13.8 Å². The third-order valence-corrected chi connectivity index (χ3v) is 7.12. The maximum Gasteiger partial charge on any atom is 0.372 e. The highest BCUT2D eigenvalue weighted by Gasteiger charge is 2.38. The Hall–Kier alpha value is -1.16. The summed E-state index contributed by atoms with van der Waals surface area (Å²) in [4.78, 5) is 0. The molecule has 3 heteroatoms. The minimum atomic E-state index is -2.31. The van der Waals surface area contributed by atoms with Crippen LogP contribution in [0.15, 0.2) is 42.5 Å². The van der Waals surface area contributed by atoms with Gasteiger partial charge >= 0.3 is 8.56 Å². The summed E-state index contributed by atoms with van der Waals surface area (Å²) in [6.45, 7) is 7.65. The van der Waals surface area contributed by atoms with E-state index in [2.05, 4.69) is 49.4 Å². The quantitative estimate of drug-likeness (QED) is 0.750. The summed E-state index contributed by atoms with van der Waals surface area (Å²) < 4.78 is 12.3. The topological polar surface area (TPSA) is 18.5 Å². The van der Waals surface area contributed by atoms with Crippen molar-refractivity contribution in [3.63, 3.8) is 0 Å². The molecule has 0 aliphatic heterocycles. The summed E-state index contributed by atoms with van der Waals surface area (Å²) >= 11 is 0. The molecule has 0 saturated heterocycles. The van der Waals surface area contributed by atoms with Crippen LogP contribution < -0.4 is 5.19 Å². The lowest BCUT2D eigenvalue weighted by Crippen LogP contribution is -2.53. The fourth-order valence-corrected chi connectivity index (χ4v) is 5.72. The number of hydrogen-bond donors (Lipinski definition) is 0. The molecule has 0 heterocycles. The van der Waals surface area contributed by atoms with Crippen molar-refractivity contribution >= 4 is 24.5 Å². The zero-order valence-corrected chi connectivity index (χ0v) is 13.0. The molecule has 2 nitrogen and oxygen atoms in total. The van der Waals surface area contributed by atoms with Gasteiger partial charge in [-0.15, -0.1) is 0 Å². The van der Waals surface area contributed by atoms with Crippen LogP contribution in [0.4, 0.5) is 0 Å². The third-order valence-electron chi connectivity index (χ3n) is 3.42. The predicted molar refractivity (Wildman–Crippen MR) is 83.1 cm³/mol. The highest BCUT2D eigenvalue weighted by atomic mass is 28.4. The number of benzene rings is 2. The second kappa shape index (κ2) is 6.33. The van der Waals surface area contributed by atoms with Gasteiger partial charge in [-0.1, -0.05) is 49.4 Å². The highest BCUT2D eigenvalue weighted by molar-refractivity contribution is 6.83. The van der Waals surface area contributed by atoms with E-state index >= 15 is 0 Å². The number of rotatable bonds is 6. The standard InChI is InChI=1S/C16H22O2Si/c1-4-17-19(6-3,18-5-2)16-13-9-11-14-10-7-8-12-15(14)16/h7-13H,4-6H2,1-3H3. The van der Waals surface area contributed by atoms with Crippen LogP contribution in [0, 0.1) is 0 Å². The van der Waals surface area contributed by atoms with Gasteiger partial charge in [-0.05, 0) is 30.7 Å². The van der Waals surface area contributed by atoms with Crippen molar-refractivity contribution in [2.75, 3.05) is 13.2 Å². The Labute approximate surface area is 116 Å². The second-order valence-electron chi connectivity index (χ2n) is 4.50. The lowest BCUT2D eigenvalue weighted by molar-refractivity contribution is 0.197. The van der Waals surface area contributed by atoms with Gasteiger partial charge in [0.1, 0.15) is 0 Å². The lowest BCUT2D eigenvalue weighted by atomic mass is 10.1. The summed E-state index contributed by atoms with van der Waals surface area (Å²) in [7, 11) is -2.31. The van der Waals surface area contributed by atoms with Gasteiger partial charge in [-0.25, -0.2) is 0 Å². The van der Waals surface area contributed by atoms with Crippen LogP contribution in [0.3, 0.4) is 0 Å². The molecule has 2 aromatic rings. The fourth-order valence-electron chi connectivity index (χ4n) is 2.62. The van der Waals surface area contributed by atoms with Crippen molar-refractivity contribution in [3.05, 3.63) is 42.5 Å². The van der Waals surface area contributed by atoms with E-state index < -0.39 is 8.56 Å². The molecule has 0 unspecified atom stereocenters. The third kappa shape index (κ3) is 2.73. The first-order valence-electron chi connectivity index (χ1n) is 7.03. The zero-order valence-electron chi connectivity index (χ0n) is 12.0. The van der Waals surface area contributed by atoms with Crippen LogP contribution in [0.25, 0.3) is 10.8 Å². The van der Waals surface area contributed by atoms with E-state index in [4.69, 9.17) is 8.85 Å². The number of hydrogen-bond acceptors (Lipinski definition) is 2. The van der Waals surface area contributed by atoms with Crippen molar-refractivity contribution in [1.29, 1.82) is 0 Å². The molecule has 0 spiro atoms. The smallest absolute Gasteiger partial charge is 0.372 e. The molecule has 0 aromatic heterocycles. The van der Waals surface area contributed by atoms with Crippen molar-refractivity contribution in [2.45, 2.75) is 26.8 Å². The Kier molecular flexibility index (Phi) is 4.74. The van der Waals surface area contributed by atoms with Gasteiger partial charge in [-0.2, -0.15) is 0 Å². The summed E-state index contributed by atoms with van der Waals surface area (Å²) in [6, 6.07) is 15.8. The van der Waals surface area contributed by atoms with Crippen LogP contribution in [0.1, 0.15) is 20.8 Å². The van der Waals surface area contributed by atoms with Gasteiger partial charge in [-0.3, -0.25) is 0 Å². The van der Waals surface area contributed by atoms with E-state index in [0.29, 0.717) is 13.2 Å². The van der Waals surface area contributed by atoms with E-state index in [1.54, 1.807) is 0 Å². The molecule has 2 aromatic carbocycles. The Bertz CT molecular complexity index is 528. The molecule has 0 amide bonds. The van der Waals surface area contributed by atoms with Gasteiger partial charge in [0.25, 0.3) is 0 Å². The SMILES string of the molecule is CCO[Si](CC)(OCC)c1cccc2ccccc12. The van der Waals surface area contributed by atoms with Gasteiger partial charge in [0.05, 0.1) is 0 Å². The predicted octanol–water partition coefficient (Wildman–Crippen LogP) is 3.58. The molecule has 102 valence electrons. The normalized spacial score (nSPS) is 11.9. The molecule has 0 N–H and O–H groups in total. The first-order chi connectivity index (χ1) is 9.27. The molecule has 0 saturated carbocycles. The van der Waals surface area contributed by atoms with E-state index in [1.165, 1.54) is 16.0 Å². The van der Waals surface area contributed by atoms with Crippen LogP contribution >= 0.6 is 0 Å². The summed E-state index contributed by atoms with van der Waals surface area (Å²) in [5.41, 5.74) is 0. The average Bonchev–Trinajstić information content (AvgIpc) is 2.46. The molecule has 0 aliphatic rings. The molecular weight excluding hydrogens is 252 g/mol. The van der Waals surface area contributed by atoms with Gasteiger partial charge in [0.2, 0.25) is 0 Å². The minimum Gasteiger partial charge on any atom is -0.391 e. The second-order valence-corrected chi connectivity index (χ2v) is 7.83. The maximum absolute atomic E-state index is 6.13. The van der Waals surface area contributed by atoms with E-state index in [9.17, 15) is 0 Å². The summed E-state index contributed by atoms with van der Waals surface area (Å²) in [5.74, 6) is 0. The largest absolute Gasteiger partial charge is 0.391 e. The van der Waals surface area contributed by atoms with Crippen LogP contribution in [0.2, 0.25) is 6.04 Å². The van der Waals surface area contributed by atoms with Gasteiger partial charge < -0.3 is 8.85 Å². The van der Waals surface area contributed by atoms with Crippen molar-refractivity contribution in [3.8, 4) is 0 Å². The Balaban J connectivity index is 2.61. The molecule has 19 heavy (non-hydrogen) atoms. The maximum atomic E-state index is 6.13. The van der Waals surface area contributed by atoms with Crippen molar-refractivity contribution in [2.24, 2.45) is 0 Å². The lowest BCUT2D eigenvalue weighted by Gasteiger charge is -2.30. The molecule has 0 aliphatic carbocycles. The highest BCUT2D eigenvalue weighted by Crippen LogP contribution is 2.20. The molecule has 0 atom stereocenters. The van der Waals surface area contributed by atoms with Gasteiger partial charge in [0.15, 0.2) is 0 Å². The molecular formula is C16H22O2Si. The Morgan fingerprint density at radius 3 is 2.11 bits per heavy atom. The summed E-state index contributed by atoms with van der Waals surface area (Å²) in [5, 5.41) is 3.78. The van der Waals surface area contributed by atoms with Crippen LogP contribution in [-0.2, 0) is 8.85 Å². The van der Waals surface area contributed by atoms with E-state index in [-0.39, 0.29) is 0 Å². The Morgan fingerprint density at radius 2 is 1.47 bits per heavy atom. The summed E-state index contributed by atoms with van der Waals surface area (Å²) in [6.07, 6.45) is 0. The zero-order chi connectivity index (χ0) is 13.7. The molecule has 0 bridgehead atoms. The Morgan fingerprint density at radius 1 is 0.842 bits per heavy atom. The van der Waals surface area contributed by atoms with Crippen LogP contribution in [-0.4, -0.2) is 21.8 Å². The van der Waals surface area contributed by atoms with Crippen LogP contribution in [0.5, 0.6) is 0 Å². The van der Waals surface area contributed by atoms with E-state index in [0.717, 1.165) is 6.04 Å². The molecule has 0 fully saturated rings. The molecule has 0 radical (unpaired) electrons. The fraction of sp³-hybridized carbons (Fsp3) is 0.375. The average molecular weight is 274 g/mol. The first kappa shape index (κ1) is 14.3.